The van der Waals surface area contributed by atoms with Crippen LogP contribution in [0.25, 0.3) is 11.4 Å². The number of nitrogens with zero attached hydrogens (tertiary/aromatic N) is 4. The summed E-state index contributed by atoms with van der Waals surface area (Å²) in [4.78, 5) is 4.14. The lowest BCUT2D eigenvalue weighted by molar-refractivity contribution is -0.270. The van der Waals surface area contributed by atoms with E-state index in [1.165, 1.54) is 10.9 Å². The molecule has 0 bridgehead atoms. The molecule has 9 nitrogen and oxygen atoms in total. The van der Waals surface area contributed by atoms with Crippen molar-refractivity contribution < 1.29 is 25.2 Å². The van der Waals surface area contributed by atoms with E-state index in [4.69, 9.17) is 4.74 Å². The summed E-state index contributed by atoms with van der Waals surface area (Å²) in [7, 11) is 0. The molecule has 1 unspecified atom stereocenters. The monoisotopic (exact) mass is 308 g/mol. The summed E-state index contributed by atoms with van der Waals surface area (Å²) in [6.45, 7) is -0.454. The van der Waals surface area contributed by atoms with Crippen LogP contribution in [0.5, 0.6) is 0 Å². The van der Waals surface area contributed by atoms with Crippen LogP contribution in [0.4, 0.5) is 0 Å². The number of hydrogen-bond acceptors (Lipinski definition) is 8. The Morgan fingerprint density at radius 2 is 1.95 bits per heavy atom. The van der Waals surface area contributed by atoms with Crippen molar-refractivity contribution in [3.8, 4) is 11.4 Å². The Balaban J connectivity index is 1.91. The lowest BCUT2D eigenvalue weighted by Gasteiger charge is -2.39. The van der Waals surface area contributed by atoms with Crippen LogP contribution in [0.3, 0.4) is 0 Å². The van der Waals surface area contributed by atoms with Crippen molar-refractivity contribution in [2.45, 2.75) is 30.6 Å². The predicted molar refractivity (Wildman–Crippen MR) is 72.3 cm³/mol. The van der Waals surface area contributed by atoms with E-state index in [1.807, 2.05) is 0 Å². The van der Waals surface area contributed by atoms with Crippen LogP contribution in [0.1, 0.15) is 6.04 Å². The van der Waals surface area contributed by atoms with Crippen molar-refractivity contribution in [2.24, 2.45) is 0 Å². The van der Waals surface area contributed by atoms with Gasteiger partial charge in [-0.15, -0.1) is 5.10 Å². The lowest BCUT2D eigenvalue weighted by Crippen LogP contribution is -2.56. The third kappa shape index (κ3) is 2.60. The normalized spacial score (nSPS) is 32.1. The van der Waals surface area contributed by atoms with Crippen molar-refractivity contribution in [1.82, 2.24) is 20.0 Å². The zero-order valence-electron chi connectivity index (χ0n) is 11.5. The third-order valence-corrected chi connectivity index (χ3v) is 3.61. The largest absolute Gasteiger partial charge is 0.394 e. The maximum Gasteiger partial charge on any atom is 0.184 e. The maximum absolute atomic E-state index is 10.1. The second kappa shape index (κ2) is 6.07. The molecular weight excluding hydrogens is 292 g/mol. The molecule has 1 aliphatic rings. The minimum Gasteiger partial charge on any atom is -0.394 e. The quantitative estimate of drug-likeness (QED) is 0.528. The Morgan fingerprint density at radius 1 is 1.14 bits per heavy atom. The molecule has 0 radical (unpaired) electrons. The third-order valence-electron chi connectivity index (χ3n) is 3.61. The molecule has 22 heavy (non-hydrogen) atoms. The molecular formula is C13H16N4O5. The van der Waals surface area contributed by atoms with Crippen LogP contribution in [0.2, 0.25) is 0 Å². The standard InChI is InChI=1S/C13H16N4O5/c18-6-9-10(11(19)12(20)13(21)22-9)17-5-8(15-16-17)7-3-1-2-4-14-7/h1-5,9-13,18-21H,6H2/t9-,10-,11+,12-,13?/m1/s1. The average Bonchev–Trinajstić information content (AvgIpc) is 3.02. The number of rotatable bonds is 3. The summed E-state index contributed by atoms with van der Waals surface area (Å²) in [5, 5.41) is 46.6. The molecule has 2 aromatic rings. The molecule has 4 N–H and O–H groups in total. The fourth-order valence-electron chi connectivity index (χ4n) is 2.46. The highest BCUT2D eigenvalue weighted by atomic mass is 16.6. The molecule has 0 amide bonds. The van der Waals surface area contributed by atoms with Gasteiger partial charge in [-0.25, -0.2) is 4.68 Å². The number of ether oxygens (including phenoxy) is 1. The van der Waals surface area contributed by atoms with E-state index in [2.05, 4.69) is 15.3 Å². The number of aliphatic hydroxyl groups is 4. The molecule has 5 atom stereocenters. The summed E-state index contributed by atoms with van der Waals surface area (Å²) in [6, 6.07) is 4.45. The first-order valence-electron chi connectivity index (χ1n) is 6.75. The van der Waals surface area contributed by atoms with Crippen LogP contribution in [0, 0.1) is 0 Å². The number of aliphatic hydroxyl groups excluding tert-OH is 4. The smallest absolute Gasteiger partial charge is 0.184 e. The maximum atomic E-state index is 10.1. The van der Waals surface area contributed by atoms with E-state index in [1.54, 1.807) is 24.4 Å². The fraction of sp³-hybridized carbons (Fsp3) is 0.462. The first-order valence-corrected chi connectivity index (χ1v) is 6.75. The number of pyridine rings is 1. The first-order chi connectivity index (χ1) is 10.6. The van der Waals surface area contributed by atoms with E-state index >= 15 is 0 Å². The second-order valence-corrected chi connectivity index (χ2v) is 5.02. The molecule has 0 spiro atoms. The Morgan fingerprint density at radius 3 is 2.64 bits per heavy atom. The van der Waals surface area contributed by atoms with Crippen LogP contribution < -0.4 is 0 Å². The van der Waals surface area contributed by atoms with Gasteiger partial charge in [0.1, 0.15) is 30.0 Å². The highest BCUT2D eigenvalue weighted by Crippen LogP contribution is 2.29. The van der Waals surface area contributed by atoms with E-state index in [0.717, 1.165) is 0 Å². The van der Waals surface area contributed by atoms with Gasteiger partial charge in [0.25, 0.3) is 0 Å². The molecule has 9 heteroatoms. The van der Waals surface area contributed by atoms with E-state index in [0.29, 0.717) is 11.4 Å². The van der Waals surface area contributed by atoms with E-state index in [-0.39, 0.29) is 0 Å². The summed E-state index contributed by atoms with van der Waals surface area (Å²) in [5.74, 6) is 0. The van der Waals surface area contributed by atoms with E-state index < -0.39 is 37.3 Å². The molecule has 0 saturated carbocycles. The van der Waals surface area contributed by atoms with Gasteiger partial charge in [0.05, 0.1) is 18.5 Å². The Hall–Kier alpha value is -1.91. The van der Waals surface area contributed by atoms with Gasteiger partial charge < -0.3 is 25.2 Å². The zero-order valence-corrected chi connectivity index (χ0v) is 11.5. The second-order valence-electron chi connectivity index (χ2n) is 5.02. The van der Waals surface area contributed by atoms with Crippen molar-refractivity contribution in [3.63, 3.8) is 0 Å². The van der Waals surface area contributed by atoms with Gasteiger partial charge in [-0.1, -0.05) is 11.3 Å². The predicted octanol–water partition coefficient (Wildman–Crippen LogP) is -1.69. The van der Waals surface area contributed by atoms with Gasteiger partial charge in [-0.3, -0.25) is 4.98 Å². The summed E-state index contributed by atoms with van der Waals surface area (Å²) in [6.07, 6.45) is -2.21. The van der Waals surface area contributed by atoms with E-state index in [9.17, 15) is 20.4 Å². The topological polar surface area (TPSA) is 134 Å². The average molecular weight is 308 g/mol. The molecule has 2 aromatic heterocycles. The Kier molecular flexibility index (Phi) is 4.14. The van der Waals surface area contributed by atoms with Crippen molar-refractivity contribution >= 4 is 0 Å². The SMILES string of the molecule is OC[C@H]1OC(O)[C@H](O)[C@@H](O)[C@@H]1n1cc(-c2ccccn2)nn1. The highest BCUT2D eigenvalue weighted by molar-refractivity contribution is 5.51. The summed E-state index contributed by atoms with van der Waals surface area (Å²) < 4.78 is 6.39. The summed E-state index contributed by atoms with van der Waals surface area (Å²) >= 11 is 0. The highest BCUT2D eigenvalue weighted by Gasteiger charge is 2.45. The molecule has 0 aliphatic carbocycles. The van der Waals surface area contributed by atoms with Gasteiger partial charge in [0.2, 0.25) is 0 Å². The molecule has 1 aliphatic heterocycles. The van der Waals surface area contributed by atoms with Crippen LogP contribution in [-0.4, -0.2) is 71.6 Å². The zero-order chi connectivity index (χ0) is 15.7. The number of aromatic nitrogens is 4. The van der Waals surface area contributed by atoms with Gasteiger partial charge >= 0.3 is 0 Å². The molecule has 3 rings (SSSR count). The van der Waals surface area contributed by atoms with Crippen LogP contribution in [-0.2, 0) is 4.74 Å². The molecule has 3 heterocycles. The molecule has 1 fully saturated rings. The minimum absolute atomic E-state index is 0.454. The molecule has 0 aromatic carbocycles. The first kappa shape index (κ1) is 15.0. The summed E-state index contributed by atoms with van der Waals surface area (Å²) in [5.41, 5.74) is 1.08. The molecule has 118 valence electrons. The van der Waals surface area contributed by atoms with Crippen molar-refractivity contribution in [2.75, 3.05) is 6.61 Å². The van der Waals surface area contributed by atoms with Crippen molar-refractivity contribution in [3.05, 3.63) is 30.6 Å². The molecule has 1 saturated heterocycles. The van der Waals surface area contributed by atoms with Gasteiger partial charge in [0, 0.05) is 6.20 Å². The van der Waals surface area contributed by atoms with Gasteiger partial charge in [-0.05, 0) is 12.1 Å². The Labute approximate surface area is 125 Å². The van der Waals surface area contributed by atoms with Gasteiger partial charge in [-0.2, -0.15) is 0 Å². The number of hydrogen-bond donors (Lipinski definition) is 4. The van der Waals surface area contributed by atoms with Crippen LogP contribution >= 0.6 is 0 Å². The van der Waals surface area contributed by atoms with Crippen molar-refractivity contribution in [1.29, 1.82) is 0 Å². The van der Waals surface area contributed by atoms with Crippen LogP contribution in [0.15, 0.2) is 30.6 Å². The Bertz CT molecular complexity index is 620. The minimum atomic E-state index is -1.57. The van der Waals surface area contributed by atoms with Gasteiger partial charge in [0.15, 0.2) is 6.29 Å². The fourth-order valence-corrected chi connectivity index (χ4v) is 2.46. The lowest BCUT2D eigenvalue weighted by atomic mass is 9.96.